The Kier molecular flexibility index (Phi) is 5.62. The fourth-order valence-electron chi connectivity index (χ4n) is 2.56. The average Bonchev–Trinajstić information content (AvgIpc) is 3.08. The molecule has 0 aliphatic heterocycles. The highest BCUT2D eigenvalue weighted by molar-refractivity contribution is 6.31. The third-order valence-corrected chi connectivity index (χ3v) is 4.05. The highest BCUT2D eigenvalue weighted by atomic mass is 35.5. The average molecular weight is 362 g/mol. The number of aromatic nitrogens is 2. The summed E-state index contributed by atoms with van der Waals surface area (Å²) in [5.74, 6) is -0.128. The molecule has 0 radical (unpaired) electrons. The fraction of sp³-hybridized carbons (Fsp3) is 0.0952. The zero-order valence-corrected chi connectivity index (χ0v) is 14.7. The maximum absolute atomic E-state index is 12.4. The zero-order valence-electron chi connectivity index (χ0n) is 14.0. The Morgan fingerprint density at radius 1 is 1.19 bits per heavy atom. The standard InChI is InChI=1S/C21H16ClN3O/c22-19-9-4-8-17(14-19)20(26)11-10-18-15-25(13-5-12-23)24-21(18)16-6-2-1-3-7-16/h1-4,6-11,14-15H,5,13H2/b11-10+. The summed E-state index contributed by atoms with van der Waals surface area (Å²) in [5.41, 5.74) is 3.09. The molecular weight excluding hydrogens is 346 g/mol. The largest absolute Gasteiger partial charge is 0.289 e. The summed E-state index contributed by atoms with van der Waals surface area (Å²) < 4.78 is 1.73. The molecule has 0 unspecified atom stereocenters. The van der Waals surface area contributed by atoms with Crippen LogP contribution in [-0.4, -0.2) is 15.6 Å². The van der Waals surface area contributed by atoms with Crippen molar-refractivity contribution >= 4 is 23.5 Å². The van der Waals surface area contributed by atoms with Crippen LogP contribution in [0.3, 0.4) is 0 Å². The van der Waals surface area contributed by atoms with E-state index >= 15 is 0 Å². The van der Waals surface area contributed by atoms with Crippen LogP contribution in [0.25, 0.3) is 17.3 Å². The second kappa shape index (κ2) is 8.28. The van der Waals surface area contributed by atoms with Crippen LogP contribution in [0.2, 0.25) is 5.02 Å². The number of nitrogens with zero attached hydrogens (tertiary/aromatic N) is 3. The van der Waals surface area contributed by atoms with Gasteiger partial charge in [0.1, 0.15) is 0 Å². The van der Waals surface area contributed by atoms with Crippen molar-refractivity contribution in [2.75, 3.05) is 0 Å². The van der Waals surface area contributed by atoms with Gasteiger partial charge in [-0.25, -0.2) is 0 Å². The van der Waals surface area contributed by atoms with Crippen LogP contribution in [0.1, 0.15) is 22.3 Å². The van der Waals surface area contributed by atoms with Crippen LogP contribution in [0.15, 0.2) is 66.9 Å². The van der Waals surface area contributed by atoms with Crippen molar-refractivity contribution in [3.8, 4) is 17.3 Å². The van der Waals surface area contributed by atoms with Gasteiger partial charge < -0.3 is 0 Å². The van der Waals surface area contributed by atoms with E-state index in [0.717, 1.165) is 16.8 Å². The highest BCUT2D eigenvalue weighted by Gasteiger charge is 2.10. The van der Waals surface area contributed by atoms with Gasteiger partial charge in [-0.2, -0.15) is 10.4 Å². The summed E-state index contributed by atoms with van der Waals surface area (Å²) in [6.07, 6.45) is 5.49. The number of ketones is 1. The summed E-state index contributed by atoms with van der Waals surface area (Å²) in [4.78, 5) is 12.4. The number of rotatable bonds is 6. The molecule has 1 heterocycles. The molecule has 2 aromatic carbocycles. The monoisotopic (exact) mass is 361 g/mol. The van der Waals surface area contributed by atoms with E-state index in [1.807, 2.05) is 36.5 Å². The molecule has 0 saturated heterocycles. The molecule has 26 heavy (non-hydrogen) atoms. The second-order valence-electron chi connectivity index (χ2n) is 5.68. The Balaban J connectivity index is 1.91. The predicted octanol–water partition coefficient (Wildman–Crippen LogP) is 5.01. The molecule has 128 valence electrons. The number of allylic oxidation sites excluding steroid dienone is 1. The van der Waals surface area contributed by atoms with E-state index in [0.29, 0.717) is 23.6 Å². The zero-order chi connectivity index (χ0) is 18.4. The van der Waals surface area contributed by atoms with E-state index in [-0.39, 0.29) is 5.78 Å². The number of carbonyl (C=O) groups is 1. The summed E-state index contributed by atoms with van der Waals surface area (Å²) in [5, 5.41) is 13.9. The Labute approximate surface area is 157 Å². The molecule has 0 atom stereocenters. The van der Waals surface area contributed by atoms with Crippen LogP contribution in [0.4, 0.5) is 0 Å². The number of hydrogen-bond acceptors (Lipinski definition) is 3. The molecular formula is C21H16ClN3O. The van der Waals surface area contributed by atoms with Gasteiger partial charge >= 0.3 is 0 Å². The Hall–Kier alpha value is -3.16. The highest BCUT2D eigenvalue weighted by Crippen LogP contribution is 2.23. The molecule has 5 heteroatoms. The molecule has 0 fully saturated rings. The molecule has 3 rings (SSSR count). The van der Waals surface area contributed by atoms with Crippen LogP contribution in [-0.2, 0) is 6.54 Å². The molecule has 1 aromatic heterocycles. The van der Waals surface area contributed by atoms with Gasteiger partial charge in [-0.1, -0.05) is 54.1 Å². The van der Waals surface area contributed by atoms with Crippen molar-refractivity contribution < 1.29 is 4.79 Å². The maximum Gasteiger partial charge on any atom is 0.185 e. The lowest BCUT2D eigenvalue weighted by Crippen LogP contribution is -1.97. The van der Waals surface area contributed by atoms with Gasteiger partial charge in [0.15, 0.2) is 5.78 Å². The van der Waals surface area contributed by atoms with Gasteiger partial charge in [0.05, 0.1) is 24.7 Å². The third kappa shape index (κ3) is 4.27. The number of aryl methyl sites for hydroxylation is 1. The van der Waals surface area contributed by atoms with Crippen LogP contribution < -0.4 is 0 Å². The Morgan fingerprint density at radius 2 is 2.00 bits per heavy atom. The van der Waals surface area contributed by atoms with E-state index < -0.39 is 0 Å². The van der Waals surface area contributed by atoms with Gasteiger partial charge in [-0.3, -0.25) is 9.48 Å². The normalized spacial score (nSPS) is 10.8. The van der Waals surface area contributed by atoms with Gasteiger partial charge in [-0.05, 0) is 24.3 Å². The van der Waals surface area contributed by atoms with Crippen LogP contribution in [0.5, 0.6) is 0 Å². The van der Waals surface area contributed by atoms with E-state index in [2.05, 4.69) is 11.2 Å². The fourth-order valence-corrected chi connectivity index (χ4v) is 2.75. The predicted molar refractivity (Wildman–Crippen MR) is 103 cm³/mol. The van der Waals surface area contributed by atoms with E-state index in [1.165, 1.54) is 6.08 Å². The van der Waals surface area contributed by atoms with Crippen molar-refractivity contribution in [1.29, 1.82) is 5.26 Å². The van der Waals surface area contributed by atoms with Crippen molar-refractivity contribution in [2.24, 2.45) is 0 Å². The van der Waals surface area contributed by atoms with Gasteiger partial charge in [-0.15, -0.1) is 0 Å². The van der Waals surface area contributed by atoms with Crippen LogP contribution in [0, 0.1) is 11.3 Å². The molecule has 4 nitrogen and oxygen atoms in total. The molecule has 0 aliphatic rings. The van der Waals surface area contributed by atoms with Gasteiger partial charge in [0, 0.05) is 27.9 Å². The first kappa shape index (κ1) is 17.7. The second-order valence-corrected chi connectivity index (χ2v) is 6.11. The number of benzene rings is 2. The molecule has 3 aromatic rings. The van der Waals surface area contributed by atoms with Crippen molar-refractivity contribution in [3.05, 3.63) is 83.0 Å². The topological polar surface area (TPSA) is 58.7 Å². The summed E-state index contributed by atoms with van der Waals surface area (Å²) in [7, 11) is 0. The first-order valence-corrected chi connectivity index (χ1v) is 8.53. The summed E-state index contributed by atoms with van der Waals surface area (Å²) in [6, 6.07) is 18.7. The first-order chi connectivity index (χ1) is 12.7. The molecule has 0 amide bonds. The van der Waals surface area contributed by atoms with Gasteiger partial charge in [0.25, 0.3) is 0 Å². The smallest absolute Gasteiger partial charge is 0.185 e. The Bertz CT molecular complexity index is 984. The van der Waals surface area contributed by atoms with Crippen molar-refractivity contribution in [3.63, 3.8) is 0 Å². The van der Waals surface area contributed by atoms with E-state index in [4.69, 9.17) is 16.9 Å². The number of carbonyl (C=O) groups excluding carboxylic acids is 1. The lowest BCUT2D eigenvalue weighted by Gasteiger charge is -1.99. The van der Waals surface area contributed by atoms with Crippen molar-refractivity contribution in [2.45, 2.75) is 13.0 Å². The van der Waals surface area contributed by atoms with Gasteiger partial charge in [0.2, 0.25) is 0 Å². The van der Waals surface area contributed by atoms with Crippen LogP contribution >= 0.6 is 11.6 Å². The minimum atomic E-state index is -0.128. The SMILES string of the molecule is N#CCCn1cc(/C=C/C(=O)c2cccc(Cl)c2)c(-c2ccccc2)n1. The molecule has 0 spiro atoms. The minimum Gasteiger partial charge on any atom is -0.289 e. The molecule has 0 saturated carbocycles. The molecule has 0 N–H and O–H groups in total. The number of hydrogen-bond donors (Lipinski definition) is 0. The van der Waals surface area contributed by atoms with Crippen molar-refractivity contribution in [1.82, 2.24) is 9.78 Å². The minimum absolute atomic E-state index is 0.128. The lowest BCUT2D eigenvalue weighted by molar-refractivity contribution is 0.104. The first-order valence-electron chi connectivity index (χ1n) is 8.15. The molecule has 0 bridgehead atoms. The third-order valence-electron chi connectivity index (χ3n) is 3.81. The summed E-state index contributed by atoms with van der Waals surface area (Å²) in [6.45, 7) is 0.506. The quantitative estimate of drug-likeness (QED) is 0.458. The summed E-state index contributed by atoms with van der Waals surface area (Å²) >= 11 is 5.95. The molecule has 0 aliphatic carbocycles. The lowest BCUT2D eigenvalue weighted by atomic mass is 10.1. The maximum atomic E-state index is 12.4. The number of nitriles is 1. The van der Waals surface area contributed by atoms with E-state index in [9.17, 15) is 4.79 Å². The van der Waals surface area contributed by atoms with E-state index in [1.54, 1.807) is 35.0 Å². The number of halogens is 1. The Morgan fingerprint density at radius 3 is 2.73 bits per heavy atom.